The Morgan fingerprint density at radius 3 is 2.38 bits per heavy atom. The number of ether oxygens (including phenoxy) is 2. The summed E-state index contributed by atoms with van der Waals surface area (Å²) in [6.45, 7) is 10.9. The molecular formula is C19H25F3N2O2. The van der Waals surface area contributed by atoms with Crippen molar-refractivity contribution in [3.05, 3.63) is 48.6 Å². The van der Waals surface area contributed by atoms with Crippen LogP contribution in [0.1, 0.15) is 18.1 Å². The Kier molecular flexibility index (Phi) is 7.44. The zero-order valence-corrected chi connectivity index (χ0v) is 15.6. The van der Waals surface area contributed by atoms with Crippen LogP contribution >= 0.6 is 0 Å². The van der Waals surface area contributed by atoms with Crippen molar-refractivity contribution < 1.29 is 22.6 Å². The highest BCUT2D eigenvalue weighted by Crippen LogP contribution is 2.48. The number of benzene rings is 1. The first-order valence-electron chi connectivity index (χ1n) is 8.05. The molecule has 0 N–H and O–H groups in total. The molecule has 26 heavy (non-hydrogen) atoms. The van der Waals surface area contributed by atoms with E-state index in [1.165, 1.54) is 25.3 Å². The predicted octanol–water partition coefficient (Wildman–Crippen LogP) is 4.76. The molecule has 1 atom stereocenters. The lowest BCUT2D eigenvalue weighted by Gasteiger charge is -2.34. The minimum Gasteiger partial charge on any atom is -0.496 e. The summed E-state index contributed by atoms with van der Waals surface area (Å²) in [5.41, 5.74) is -1.82. The van der Waals surface area contributed by atoms with Crippen LogP contribution in [0.5, 0.6) is 5.75 Å². The van der Waals surface area contributed by atoms with Crippen LogP contribution in [0.2, 0.25) is 0 Å². The Bertz CT molecular complexity index is 671. The molecule has 0 bridgehead atoms. The van der Waals surface area contributed by atoms with E-state index in [4.69, 9.17) is 9.47 Å². The van der Waals surface area contributed by atoms with E-state index < -0.39 is 11.8 Å². The fourth-order valence-electron chi connectivity index (χ4n) is 2.31. The van der Waals surface area contributed by atoms with Gasteiger partial charge in [-0.1, -0.05) is 12.7 Å². The van der Waals surface area contributed by atoms with Gasteiger partial charge in [-0.05, 0) is 31.6 Å². The lowest BCUT2D eigenvalue weighted by atomic mass is 9.90. The van der Waals surface area contributed by atoms with Gasteiger partial charge >= 0.3 is 6.18 Å². The summed E-state index contributed by atoms with van der Waals surface area (Å²) < 4.78 is 52.1. The highest BCUT2D eigenvalue weighted by molar-refractivity contribution is 5.65. The quantitative estimate of drug-likeness (QED) is 0.357. The third-order valence-electron chi connectivity index (χ3n) is 3.95. The van der Waals surface area contributed by atoms with Gasteiger partial charge in [0.15, 0.2) is 0 Å². The third-order valence-corrected chi connectivity index (χ3v) is 3.95. The zero-order chi connectivity index (χ0) is 20.0. The molecule has 4 nitrogen and oxygen atoms in total. The van der Waals surface area contributed by atoms with Crippen LogP contribution in [-0.2, 0) is 10.3 Å². The minimum atomic E-state index is -4.73. The van der Waals surface area contributed by atoms with Gasteiger partial charge in [-0.3, -0.25) is 0 Å². The van der Waals surface area contributed by atoms with Gasteiger partial charge in [0.2, 0.25) is 5.60 Å². The van der Waals surface area contributed by atoms with Crippen LogP contribution in [0.3, 0.4) is 0 Å². The number of halogens is 3. The van der Waals surface area contributed by atoms with Crippen LogP contribution in [0.4, 0.5) is 18.9 Å². The van der Waals surface area contributed by atoms with Crippen molar-refractivity contribution in [2.45, 2.75) is 25.6 Å². The molecule has 1 aromatic carbocycles. The standard InChI is InChI=1S/C19H25F3N2O2/c1-7-10-26-18(8-2,19(20,21)22)15-11-14(4)16(12-17(15)25-6)23-13-24(5)9-3/h7-8,11-13H,1-2,9-10H2,3-6H3. The van der Waals surface area contributed by atoms with Gasteiger partial charge < -0.3 is 14.4 Å². The minimum absolute atomic E-state index is 0.0168. The number of rotatable bonds is 9. The lowest BCUT2D eigenvalue weighted by molar-refractivity contribution is -0.260. The van der Waals surface area contributed by atoms with Crippen molar-refractivity contribution >= 4 is 12.0 Å². The van der Waals surface area contributed by atoms with Gasteiger partial charge in [-0.25, -0.2) is 4.99 Å². The molecular weight excluding hydrogens is 345 g/mol. The van der Waals surface area contributed by atoms with Crippen molar-refractivity contribution in [1.29, 1.82) is 0 Å². The molecule has 1 rings (SSSR count). The number of alkyl halides is 3. The second kappa shape index (κ2) is 8.89. The fraction of sp³-hybridized carbons (Fsp3) is 0.421. The molecule has 144 valence electrons. The van der Waals surface area contributed by atoms with Gasteiger partial charge in [0.05, 0.1) is 25.7 Å². The molecule has 0 radical (unpaired) electrons. The molecule has 0 heterocycles. The Balaban J connectivity index is 3.58. The third kappa shape index (κ3) is 4.46. The van der Waals surface area contributed by atoms with E-state index in [-0.39, 0.29) is 17.9 Å². The maximum atomic E-state index is 13.9. The van der Waals surface area contributed by atoms with E-state index in [9.17, 15) is 13.2 Å². The second-order valence-electron chi connectivity index (χ2n) is 5.69. The second-order valence-corrected chi connectivity index (χ2v) is 5.69. The monoisotopic (exact) mass is 370 g/mol. The zero-order valence-electron chi connectivity index (χ0n) is 15.6. The van der Waals surface area contributed by atoms with E-state index in [2.05, 4.69) is 18.2 Å². The molecule has 0 saturated heterocycles. The molecule has 0 aliphatic rings. The number of nitrogens with zero attached hydrogens (tertiary/aromatic N) is 2. The molecule has 0 aromatic heterocycles. The molecule has 0 spiro atoms. The maximum absolute atomic E-state index is 13.9. The number of aliphatic imine (C=N–C) groups is 1. The van der Waals surface area contributed by atoms with E-state index in [1.807, 2.05) is 18.9 Å². The number of aryl methyl sites for hydroxylation is 1. The van der Waals surface area contributed by atoms with Crippen molar-refractivity contribution in [3.63, 3.8) is 0 Å². The van der Waals surface area contributed by atoms with Gasteiger partial charge in [0, 0.05) is 25.2 Å². The number of methoxy groups -OCH3 is 1. The molecule has 7 heteroatoms. The summed E-state index contributed by atoms with van der Waals surface area (Å²) in [4.78, 5) is 6.16. The first-order chi connectivity index (χ1) is 12.2. The lowest BCUT2D eigenvalue weighted by Crippen LogP contribution is -2.43. The summed E-state index contributed by atoms with van der Waals surface area (Å²) in [6.07, 6.45) is -1.13. The summed E-state index contributed by atoms with van der Waals surface area (Å²) in [7, 11) is 3.15. The Labute approximate surface area is 152 Å². The van der Waals surface area contributed by atoms with Crippen LogP contribution in [0.15, 0.2) is 42.4 Å². The Morgan fingerprint density at radius 2 is 1.92 bits per heavy atom. The largest absolute Gasteiger partial charge is 0.496 e. The normalized spacial score (nSPS) is 14.1. The van der Waals surface area contributed by atoms with Gasteiger partial charge in [-0.2, -0.15) is 13.2 Å². The number of hydrogen-bond acceptors (Lipinski definition) is 3. The summed E-state index contributed by atoms with van der Waals surface area (Å²) in [6, 6.07) is 2.83. The van der Waals surface area contributed by atoms with Crippen LogP contribution in [0.25, 0.3) is 0 Å². The van der Waals surface area contributed by atoms with Gasteiger partial charge in [-0.15, -0.1) is 6.58 Å². The van der Waals surface area contributed by atoms with E-state index in [0.717, 1.165) is 12.6 Å². The van der Waals surface area contributed by atoms with Crippen LogP contribution in [0, 0.1) is 6.92 Å². The van der Waals surface area contributed by atoms with Crippen molar-refractivity contribution in [3.8, 4) is 5.75 Å². The highest BCUT2D eigenvalue weighted by Gasteiger charge is 2.56. The summed E-state index contributed by atoms with van der Waals surface area (Å²) >= 11 is 0. The van der Waals surface area contributed by atoms with E-state index >= 15 is 0 Å². The predicted molar refractivity (Wildman–Crippen MR) is 98.3 cm³/mol. The Morgan fingerprint density at radius 1 is 1.27 bits per heavy atom. The molecule has 0 saturated carbocycles. The molecule has 0 aliphatic heterocycles. The van der Waals surface area contributed by atoms with Crippen molar-refractivity contribution in [2.75, 3.05) is 27.3 Å². The van der Waals surface area contributed by atoms with Gasteiger partial charge in [0.25, 0.3) is 0 Å². The smallest absolute Gasteiger partial charge is 0.425 e. The molecule has 1 unspecified atom stereocenters. The van der Waals surface area contributed by atoms with E-state index in [1.54, 1.807) is 13.3 Å². The van der Waals surface area contributed by atoms with Crippen LogP contribution < -0.4 is 4.74 Å². The summed E-state index contributed by atoms with van der Waals surface area (Å²) in [5.74, 6) is 0.0168. The molecule has 0 fully saturated rings. The SMILES string of the molecule is C=CCOC(C=C)(c1cc(C)c(N=CN(C)CC)cc1OC)C(F)(F)F. The van der Waals surface area contributed by atoms with Crippen molar-refractivity contribution in [2.24, 2.45) is 4.99 Å². The highest BCUT2D eigenvalue weighted by atomic mass is 19.4. The van der Waals surface area contributed by atoms with E-state index in [0.29, 0.717) is 11.3 Å². The van der Waals surface area contributed by atoms with Gasteiger partial charge in [0.1, 0.15) is 5.75 Å². The number of hydrogen-bond donors (Lipinski definition) is 0. The average molecular weight is 370 g/mol. The van der Waals surface area contributed by atoms with Crippen LogP contribution in [-0.4, -0.2) is 44.7 Å². The first kappa shape index (κ1) is 21.8. The molecule has 0 aliphatic carbocycles. The molecule has 0 amide bonds. The topological polar surface area (TPSA) is 34.1 Å². The average Bonchev–Trinajstić information content (AvgIpc) is 2.60. The first-order valence-corrected chi connectivity index (χ1v) is 8.05. The van der Waals surface area contributed by atoms with Crippen molar-refractivity contribution in [1.82, 2.24) is 4.90 Å². The maximum Gasteiger partial charge on any atom is 0.425 e. The molecule has 1 aromatic rings. The fourth-order valence-corrected chi connectivity index (χ4v) is 2.31. The summed E-state index contributed by atoms with van der Waals surface area (Å²) in [5, 5.41) is 0. The Hall–Kier alpha value is -2.28.